The highest BCUT2D eigenvalue weighted by Crippen LogP contribution is 2.16. The van der Waals surface area contributed by atoms with Gasteiger partial charge in [0.25, 0.3) is 0 Å². The van der Waals surface area contributed by atoms with E-state index in [9.17, 15) is 17.6 Å². The summed E-state index contributed by atoms with van der Waals surface area (Å²) in [5.74, 6) is -1.49. The molecule has 0 aliphatic heterocycles. The van der Waals surface area contributed by atoms with Crippen LogP contribution in [-0.2, 0) is 14.8 Å². The third-order valence-electron chi connectivity index (χ3n) is 1.95. The first-order valence-electron chi connectivity index (χ1n) is 4.62. The van der Waals surface area contributed by atoms with Crippen LogP contribution >= 0.6 is 0 Å². The quantitative estimate of drug-likeness (QED) is 0.632. The molecule has 1 aromatic rings. The first kappa shape index (κ1) is 13.4. The molecule has 0 radical (unpaired) electrons. The molecule has 0 atom stereocenters. The van der Waals surface area contributed by atoms with Crippen molar-refractivity contribution < 1.29 is 17.6 Å². The molecule has 0 unspecified atom stereocenters. The van der Waals surface area contributed by atoms with Gasteiger partial charge in [-0.25, -0.2) is 17.5 Å². The third-order valence-corrected chi connectivity index (χ3v) is 3.38. The molecule has 0 saturated carbocycles. The van der Waals surface area contributed by atoms with Crippen molar-refractivity contribution in [2.45, 2.75) is 4.90 Å². The Labute approximate surface area is 98.1 Å². The summed E-state index contributed by atoms with van der Waals surface area (Å²) in [6.45, 7) is -0.456. The lowest BCUT2D eigenvalue weighted by molar-refractivity contribution is -0.119. The largest absolute Gasteiger partial charge is 0.399 e. The van der Waals surface area contributed by atoms with E-state index in [4.69, 9.17) is 5.73 Å². The topological polar surface area (TPSA) is 101 Å². The number of sulfonamides is 1. The molecule has 0 aliphatic rings. The van der Waals surface area contributed by atoms with E-state index in [1.807, 2.05) is 4.72 Å². The molecule has 0 heterocycles. The fourth-order valence-electron chi connectivity index (χ4n) is 1.06. The molecule has 4 N–H and O–H groups in total. The van der Waals surface area contributed by atoms with Gasteiger partial charge in [-0.1, -0.05) is 0 Å². The Kier molecular flexibility index (Phi) is 4.02. The highest BCUT2D eigenvalue weighted by molar-refractivity contribution is 7.89. The number of hydrogen-bond donors (Lipinski definition) is 3. The summed E-state index contributed by atoms with van der Waals surface area (Å²) in [5, 5.41) is 2.23. The molecule has 6 nitrogen and oxygen atoms in total. The van der Waals surface area contributed by atoms with Gasteiger partial charge in [-0.3, -0.25) is 4.79 Å². The minimum Gasteiger partial charge on any atom is -0.399 e. The van der Waals surface area contributed by atoms with E-state index < -0.39 is 33.2 Å². The van der Waals surface area contributed by atoms with Gasteiger partial charge in [-0.15, -0.1) is 0 Å². The minimum atomic E-state index is -4.05. The number of halogens is 1. The summed E-state index contributed by atoms with van der Waals surface area (Å²) in [7, 11) is -2.69. The molecule has 1 rings (SSSR count). The van der Waals surface area contributed by atoms with Crippen LogP contribution in [0, 0.1) is 5.82 Å². The predicted molar refractivity (Wildman–Crippen MR) is 60.1 cm³/mol. The molecular weight excluding hydrogens is 249 g/mol. The predicted octanol–water partition coefficient (Wildman–Crippen LogP) is -0.568. The van der Waals surface area contributed by atoms with Gasteiger partial charge in [0.05, 0.1) is 6.54 Å². The molecule has 1 amide bonds. The summed E-state index contributed by atoms with van der Waals surface area (Å²) in [5.41, 5.74) is 5.41. The number of nitrogen functional groups attached to an aromatic ring is 1. The summed E-state index contributed by atoms with van der Waals surface area (Å²) in [6, 6.07) is 3.20. The Hall–Kier alpha value is -1.67. The first-order chi connectivity index (χ1) is 7.86. The summed E-state index contributed by atoms with van der Waals surface area (Å²) < 4.78 is 38.5. The van der Waals surface area contributed by atoms with E-state index >= 15 is 0 Å². The van der Waals surface area contributed by atoms with E-state index in [0.29, 0.717) is 0 Å². The number of rotatable bonds is 4. The van der Waals surface area contributed by atoms with E-state index in [-0.39, 0.29) is 5.69 Å². The Bertz CT molecular complexity index is 530. The summed E-state index contributed by atoms with van der Waals surface area (Å²) >= 11 is 0. The number of anilines is 1. The van der Waals surface area contributed by atoms with E-state index in [0.717, 1.165) is 12.1 Å². The van der Waals surface area contributed by atoms with Crippen LogP contribution in [0.3, 0.4) is 0 Å². The minimum absolute atomic E-state index is 0.118. The molecule has 0 aliphatic carbocycles. The molecule has 17 heavy (non-hydrogen) atoms. The number of hydrogen-bond acceptors (Lipinski definition) is 4. The molecule has 0 saturated heterocycles. The van der Waals surface area contributed by atoms with Crippen molar-refractivity contribution in [3.63, 3.8) is 0 Å². The van der Waals surface area contributed by atoms with Gasteiger partial charge in [0.1, 0.15) is 10.7 Å². The van der Waals surface area contributed by atoms with Crippen LogP contribution < -0.4 is 15.8 Å². The molecule has 0 spiro atoms. The molecular formula is C9H12FN3O3S. The standard InChI is InChI=1S/C9H12FN3O3S/c1-12-9(14)5-13-17(15,16)8-3-2-6(11)4-7(8)10/h2-4,13H,5,11H2,1H3,(H,12,14). The second kappa shape index (κ2) is 5.11. The van der Waals surface area contributed by atoms with Crippen molar-refractivity contribution in [2.75, 3.05) is 19.3 Å². The molecule has 0 aromatic heterocycles. The first-order valence-corrected chi connectivity index (χ1v) is 6.10. The molecule has 0 fully saturated rings. The van der Waals surface area contributed by atoms with E-state index in [1.165, 1.54) is 13.1 Å². The smallest absolute Gasteiger partial charge is 0.243 e. The normalized spacial score (nSPS) is 11.2. The second-order valence-corrected chi connectivity index (χ2v) is 4.92. The number of carbonyl (C=O) groups is 1. The van der Waals surface area contributed by atoms with Crippen LogP contribution in [0.15, 0.2) is 23.1 Å². The maximum atomic E-state index is 13.4. The molecule has 8 heteroatoms. The summed E-state index contributed by atoms with van der Waals surface area (Å²) in [6.07, 6.45) is 0. The second-order valence-electron chi connectivity index (χ2n) is 3.19. The van der Waals surface area contributed by atoms with Crippen molar-refractivity contribution in [1.82, 2.24) is 10.0 Å². The Morgan fingerprint density at radius 2 is 2.12 bits per heavy atom. The van der Waals surface area contributed by atoms with Gasteiger partial charge in [0.2, 0.25) is 15.9 Å². The number of amides is 1. The van der Waals surface area contributed by atoms with Gasteiger partial charge in [0.15, 0.2) is 0 Å². The fraction of sp³-hybridized carbons (Fsp3) is 0.222. The third kappa shape index (κ3) is 3.40. The zero-order chi connectivity index (χ0) is 13.1. The lowest BCUT2D eigenvalue weighted by atomic mass is 10.3. The van der Waals surface area contributed by atoms with Crippen molar-refractivity contribution >= 4 is 21.6 Å². The monoisotopic (exact) mass is 261 g/mol. The Balaban J connectivity index is 2.94. The van der Waals surface area contributed by atoms with Gasteiger partial charge < -0.3 is 11.1 Å². The number of nitrogens with two attached hydrogens (primary N) is 1. The molecule has 0 bridgehead atoms. The maximum Gasteiger partial charge on any atom is 0.243 e. The van der Waals surface area contributed by atoms with E-state index in [2.05, 4.69) is 5.32 Å². The van der Waals surface area contributed by atoms with Crippen LogP contribution in [0.1, 0.15) is 0 Å². The number of benzene rings is 1. The number of likely N-dealkylation sites (N-methyl/N-ethyl adjacent to an activating group) is 1. The lowest BCUT2D eigenvalue weighted by Gasteiger charge is -2.07. The van der Waals surface area contributed by atoms with Crippen molar-refractivity contribution in [3.05, 3.63) is 24.0 Å². The van der Waals surface area contributed by atoms with Gasteiger partial charge >= 0.3 is 0 Å². The van der Waals surface area contributed by atoms with Crippen molar-refractivity contribution in [2.24, 2.45) is 0 Å². The zero-order valence-corrected chi connectivity index (χ0v) is 9.84. The van der Waals surface area contributed by atoms with Crippen molar-refractivity contribution in [1.29, 1.82) is 0 Å². The molecule has 1 aromatic carbocycles. The lowest BCUT2D eigenvalue weighted by Crippen LogP contribution is -2.35. The summed E-state index contributed by atoms with van der Waals surface area (Å²) in [4.78, 5) is 10.3. The zero-order valence-electron chi connectivity index (χ0n) is 9.03. The maximum absolute atomic E-state index is 13.4. The average Bonchev–Trinajstić information content (AvgIpc) is 2.25. The van der Waals surface area contributed by atoms with Crippen LogP contribution in [0.2, 0.25) is 0 Å². The Morgan fingerprint density at radius 3 is 2.65 bits per heavy atom. The fourth-order valence-corrected chi connectivity index (χ4v) is 2.10. The van der Waals surface area contributed by atoms with Gasteiger partial charge in [-0.05, 0) is 18.2 Å². The van der Waals surface area contributed by atoms with E-state index in [1.54, 1.807) is 0 Å². The SMILES string of the molecule is CNC(=O)CNS(=O)(=O)c1ccc(N)cc1F. The van der Waals surface area contributed by atoms with Gasteiger partial charge in [0, 0.05) is 12.7 Å². The highest BCUT2D eigenvalue weighted by Gasteiger charge is 2.19. The van der Waals surface area contributed by atoms with Crippen LogP contribution in [0.4, 0.5) is 10.1 Å². The highest BCUT2D eigenvalue weighted by atomic mass is 32.2. The van der Waals surface area contributed by atoms with Crippen LogP contribution in [-0.4, -0.2) is 27.9 Å². The van der Waals surface area contributed by atoms with Crippen LogP contribution in [0.25, 0.3) is 0 Å². The molecule has 94 valence electrons. The van der Waals surface area contributed by atoms with Gasteiger partial charge in [-0.2, -0.15) is 0 Å². The van der Waals surface area contributed by atoms with Crippen LogP contribution in [0.5, 0.6) is 0 Å². The number of carbonyl (C=O) groups excluding carboxylic acids is 1. The Morgan fingerprint density at radius 1 is 1.47 bits per heavy atom. The average molecular weight is 261 g/mol. The number of nitrogens with one attached hydrogen (secondary N) is 2. The van der Waals surface area contributed by atoms with Crippen molar-refractivity contribution in [3.8, 4) is 0 Å².